The van der Waals surface area contributed by atoms with E-state index >= 15 is 0 Å². The van der Waals surface area contributed by atoms with Crippen molar-refractivity contribution in [1.82, 2.24) is 19.9 Å². The van der Waals surface area contributed by atoms with Gasteiger partial charge in [-0.15, -0.1) is 5.10 Å². The van der Waals surface area contributed by atoms with Gasteiger partial charge in [-0.2, -0.15) is 0 Å². The Hall–Kier alpha value is -2.73. The quantitative estimate of drug-likeness (QED) is 0.607. The molecule has 152 valence electrons. The number of hydrogen-bond acceptors (Lipinski definition) is 4. The summed E-state index contributed by atoms with van der Waals surface area (Å²) in [7, 11) is 0. The van der Waals surface area contributed by atoms with E-state index in [0.29, 0.717) is 18.7 Å². The average Bonchev–Trinajstić information content (AvgIpc) is 3.23. The molecule has 1 unspecified atom stereocenters. The predicted octanol–water partition coefficient (Wildman–Crippen LogP) is 4.71. The molecule has 1 aliphatic heterocycles. The predicted molar refractivity (Wildman–Crippen MR) is 111 cm³/mol. The normalized spacial score (nSPS) is 17.6. The molecule has 0 bridgehead atoms. The Morgan fingerprint density at radius 1 is 1.17 bits per heavy atom. The first kappa shape index (κ1) is 19.6. The molecule has 0 spiro atoms. The molecule has 5 nitrogen and oxygen atoms in total. The summed E-state index contributed by atoms with van der Waals surface area (Å²) in [5.74, 6) is 0.460. The van der Waals surface area contributed by atoms with Gasteiger partial charge in [0, 0.05) is 18.2 Å². The van der Waals surface area contributed by atoms with Gasteiger partial charge in [0.2, 0.25) is 0 Å². The number of hydrogen-bond donors (Lipinski definition) is 0. The van der Waals surface area contributed by atoms with Gasteiger partial charge in [0.25, 0.3) is 0 Å². The minimum atomic E-state index is -0.259. The van der Waals surface area contributed by atoms with Crippen LogP contribution in [0.5, 0.6) is 5.75 Å². The molecular weight excluding hydrogens is 367 g/mol. The van der Waals surface area contributed by atoms with E-state index in [-0.39, 0.29) is 5.82 Å². The minimum Gasteiger partial charge on any atom is -0.488 e. The van der Waals surface area contributed by atoms with Gasteiger partial charge < -0.3 is 4.74 Å². The number of ether oxygens (including phenoxy) is 1. The second-order valence-electron chi connectivity index (χ2n) is 7.88. The summed E-state index contributed by atoms with van der Waals surface area (Å²) in [6.45, 7) is 6.92. The third-order valence-electron chi connectivity index (χ3n) is 5.49. The van der Waals surface area contributed by atoms with Crippen LogP contribution in [0.3, 0.4) is 0 Å². The number of aromatic nitrogens is 3. The molecule has 0 amide bonds. The fourth-order valence-corrected chi connectivity index (χ4v) is 3.84. The molecule has 0 saturated carbocycles. The maximum absolute atomic E-state index is 13.4. The first-order valence-corrected chi connectivity index (χ1v) is 10.2. The summed E-state index contributed by atoms with van der Waals surface area (Å²) in [6.07, 6.45) is 4.30. The van der Waals surface area contributed by atoms with Crippen molar-refractivity contribution in [2.45, 2.75) is 45.4 Å². The van der Waals surface area contributed by atoms with Crippen LogP contribution in [0.25, 0.3) is 11.3 Å². The average molecular weight is 394 g/mol. The van der Waals surface area contributed by atoms with Gasteiger partial charge in [0.1, 0.15) is 23.9 Å². The second kappa shape index (κ2) is 8.74. The summed E-state index contributed by atoms with van der Waals surface area (Å²) in [4.78, 5) is 2.49. The van der Waals surface area contributed by atoms with Crippen LogP contribution in [-0.4, -0.2) is 39.0 Å². The fourth-order valence-electron chi connectivity index (χ4n) is 3.84. The molecule has 6 heteroatoms. The number of benzene rings is 2. The van der Waals surface area contributed by atoms with Crippen molar-refractivity contribution in [2.75, 3.05) is 13.1 Å². The zero-order valence-electron chi connectivity index (χ0n) is 17.0. The molecule has 1 fully saturated rings. The van der Waals surface area contributed by atoms with E-state index in [1.54, 1.807) is 6.07 Å². The third kappa shape index (κ3) is 4.65. The monoisotopic (exact) mass is 394 g/mol. The minimum absolute atomic E-state index is 0.259. The van der Waals surface area contributed by atoms with Gasteiger partial charge in [-0.1, -0.05) is 29.5 Å². The molecule has 1 saturated heterocycles. The highest BCUT2D eigenvalue weighted by Gasteiger charge is 2.24. The Kier molecular flexibility index (Phi) is 5.90. The number of para-hydroxylation sites is 1. The number of nitrogens with zero attached hydrogens (tertiary/aromatic N) is 4. The van der Waals surface area contributed by atoms with E-state index in [4.69, 9.17) is 4.74 Å². The van der Waals surface area contributed by atoms with Crippen molar-refractivity contribution in [3.63, 3.8) is 0 Å². The van der Waals surface area contributed by atoms with Gasteiger partial charge in [-0.3, -0.25) is 4.90 Å². The van der Waals surface area contributed by atoms with Gasteiger partial charge in [0.15, 0.2) is 0 Å². The standard InChI is InChI=1S/C23H27FN4O/c1-17(2)27-12-6-9-20(14-27)28-15-22(25-26-28)21-10-3-4-11-23(21)29-16-18-7-5-8-19(24)13-18/h3-5,7-8,10-11,13,15,17,20H,6,9,12,14,16H2,1-2H3. The Morgan fingerprint density at radius 2 is 2.03 bits per heavy atom. The van der Waals surface area contributed by atoms with Crippen LogP contribution in [0, 0.1) is 5.82 Å². The highest BCUT2D eigenvalue weighted by molar-refractivity contribution is 5.66. The summed E-state index contributed by atoms with van der Waals surface area (Å²) in [5, 5.41) is 8.83. The lowest BCUT2D eigenvalue weighted by Gasteiger charge is -2.35. The fraction of sp³-hybridized carbons (Fsp3) is 0.391. The Balaban J connectivity index is 1.51. The lowest BCUT2D eigenvalue weighted by Crippen LogP contribution is -2.40. The zero-order chi connectivity index (χ0) is 20.2. The molecule has 0 N–H and O–H groups in total. The number of piperidine rings is 1. The smallest absolute Gasteiger partial charge is 0.129 e. The van der Waals surface area contributed by atoms with E-state index in [1.165, 1.54) is 18.6 Å². The molecule has 1 atom stereocenters. The lowest BCUT2D eigenvalue weighted by molar-refractivity contribution is 0.136. The van der Waals surface area contributed by atoms with E-state index in [0.717, 1.165) is 42.1 Å². The molecular formula is C23H27FN4O. The Labute approximate surface area is 171 Å². The summed E-state index contributed by atoms with van der Waals surface area (Å²) in [5.41, 5.74) is 2.48. The van der Waals surface area contributed by atoms with Gasteiger partial charge in [-0.05, 0) is 63.1 Å². The van der Waals surface area contributed by atoms with Crippen LogP contribution in [0.4, 0.5) is 4.39 Å². The maximum Gasteiger partial charge on any atom is 0.129 e. The highest BCUT2D eigenvalue weighted by Crippen LogP contribution is 2.30. The highest BCUT2D eigenvalue weighted by atomic mass is 19.1. The van der Waals surface area contributed by atoms with Gasteiger partial charge in [0.05, 0.1) is 12.2 Å². The SMILES string of the molecule is CC(C)N1CCCC(n2cc(-c3ccccc3OCc3cccc(F)c3)nn2)C1. The zero-order valence-corrected chi connectivity index (χ0v) is 17.0. The molecule has 4 rings (SSSR count). The van der Waals surface area contributed by atoms with E-state index in [1.807, 2.05) is 41.2 Å². The molecule has 1 aromatic heterocycles. The van der Waals surface area contributed by atoms with E-state index in [2.05, 4.69) is 29.1 Å². The summed E-state index contributed by atoms with van der Waals surface area (Å²) < 4.78 is 21.4. The van der Waals surface area contributed by atoms with Crippen LogP contribution in [-0.2, 0) is 6.61 Å². The van der Waals surface area contributed by atoms with Crippen molar-refractivity contribution in [2.24, 2.45) is 0 Å². The third-order valence-corrected chi connectivity index (χ3v) is 5.49. The number of rotatable bonds is 6. The summed E-state index contributed by atoms with van der Waals surface area (Å²) >= 11 is 0. The topological polar surface area (TPSA) is 43.2 Å². The molecule has 1 aliphatic rings. The van der Waals surface area contributed by atoms with E-state index < -0.39 is 0 Å². The molecule has 29 heavy (non-hydrogen) atoms. The van der Waals surface area contributed by atoms with Crippen molar-refractivity contribution in [3.8, 4) is 17.0 Å². The van der Waals surface area contributed by atoms with Crippen LogP contribution in [0.1, 0.15) is 38.3 Å². The van der Waals surface area contributed by atoms with Crippen molar-refractivity contribution < 1.29 is 9.13 Å². The van der Waals surface area contributed by atoms with Crippen molar-refractivity contribution in [3.05, 3.63) is 66.1 Å². The van der Waals surface area contributed by atoms with Crippen molar-refractivity contribution >= 4 is 0 Å². The molecule has 3 aromatic rings. The Morgan fingerprint density at radius 3 is 2.86 bits per heavy atom. The van der Waals surface area contributed by atoms with E-state index in [9.17, 15) is 4.39 Å². The second-order valence-corrected chi connectivity index (χ2v) is 7.88. The molecule has 2 aromatic carbocycles. The van der Waals surface area contributed by atoms with Crippen LogP contribution < -0.4 is 4.74 Å². The van der Waals surface area contributed by atoms with Crippen molar-refractivity contribution in [1.29, 1.82) is 0 Å². The first-order valence-electron chi connectivity index (χ1n) is 10.2. The Bertz CT molecular complexity index is 955. The maximum atomic E-state index is 13.4. The van der Waals surface area contributed by atoms with Crippen LogP contribution in [0.15, 0.2) is 54.7 Å². The van der Waals surface area contributed by atoms with Crippen LogP contribution in [0.2, 0.25) is 0 Å². The first-order chi connectivity index (χ1) is 14.1. The molecule has 2 heterocycles. The lowest BCUT2D eigenvalue weighted by atomic mass is 10.0. The molecule has 0 aliphatic carbocycles. The number of halogens is 1. The van der Waals surface area contributed by atoms with Gasteiger partial charge in [-0.25, -0.2) is 9.07 Å². The van der Waals surface area contributed by atoms with Gasteiger partial charge >= 0.3 is 0 Å². The summed E-state index contributed by atoms with van der Waals surface area (Å²) in [6, 6.07) is 15.1. The largest absolute Gasteiger partial charge is 0.488 e. The van der Waals surface area contributed by atoms with Crippen LogP contribution >= 0.6 is 0 Å². The number of likely N-dealkylation sites (tertiary alicyclic amines) is 1. The molecule has 0 radical (unpaired) electrons.